The molecule has 180 valence electrons. The van der Waals surface area contributed by atoms with Crippen molar-refractivity contribution in [1.29, 1.82) is 0 Å². The number of benzene rings is 2. The third-order valence-electron chi connectivity index (χ3n) is 5.66. The Labute approximate surface area is 197 Å². The highest BCUT2D eigenvalue weighted by atomic mass is 32.2. The van der Waals surface area contributed by atoms with E-state index in [1.54, 1.807) is 19.1 Å². The molecule has 0 aliphatic carbocycles. The van der Waals surface area contributed by atoms with Crippen LogP contribution in [-0.2, 0) is 26.0 Å². The summed E-state index contributed by atoms with van der Waals surface area (Å²) in [4.78, 5) is 27.5. The number of carbonyl (C=O) groups excluding carboxylic acids is 2. The first-order chi connectivity index (χ1) is 15.5. The van der Waals surface area contributed by atoms with Gasteiger partial charge in [-0.1, -0.05) is 43.3 Å². The molecular formula is C25H35N3O4S. The molecule has 2 amide bonds. The van der Waals surface area contributed by atoms with Gasteiger partial charge >= 0.3 is 0 Å². The molecule has 0 aliphatic heterocycles. The van der Waals surface area contributed by atoms with Crippen LogP contribution in [0.3, 0.4) is 0 Å². The molecule has 2 aromatic rings. The highest BCUT2D eigenvalue weighted by Gasteiger charge is 2.29. The minimum Gasteiger partial charge on any atom is -0.354 e. The Hall–Kier alpha value is -2.87. The molecule has 0 aliphatic rings. The van der Waals surface area contributed by atoms with E-state index in [0.29, 0.717) is 25.2 Å². The van der Waals surface area contributed by atoms with Crippen LogP contribution in [0.25, 0.3) is 0 Å². The molecule has 2 aromatic carbocycles. The topological polar surface area (TPSA) is 86.8 Å². The van der Waals surface area contributed by atoms with E-state index >= 15 is 0 Å². The zero-order chi connectivity index (χ0) is 24.6. The number of nitrogens with zero attached hydrogens (tertiary/aromatic N) is 2. The minimum absolute atomic E-state index is 0.254. The number of anilines is 1. The Kier molecular flexibility index (Phi) is 9.46. The second kappa shape index (κ2) is 11.8. The number of hydrogen-bond acceptors (Lipinski definition) is 4. The summed E-state index contributed by atoms with van der Waals surface area (Å²) in [7, 11) is -3.72. The van der Waals surface area contributed by atoms with Crippen LogP contribution in [0.1, 0.15) is 37.0 Å². The van der Waals surface area contributed by atoms with Crippen molar-refractivity contribution in [2.45, 2.75) is 46.6 Å². The predicted octanol–water partition coefficient (Wildman–Crippen LogP) is 3.06. The van der Waals surface area contributed by atoms with Crippen molar-refractivity contribution in [3.05, 3.63) is 65.2 Å². The number of hydrogen-bond donors (Lipinski definition) is 1. The number of carbonyl (C=O) groups is 2. The van der Waals surface area contributed by atoms with Crippen molar-refractivity contribution in [3.63, 3.8) is 0 Å². The lowest BCUT2D eigenvalue weighted by molar-refractivity contribution is -0.138. The van der Waals surface area contributed by atoms with Gasteiger partial charge in [0, 0.05) is 13.1 Å². The molecule has 0 saturated heterocycles. The van der Waals surface area contributed by atoms with Crippen molar-refractivity contribution in [1.82, 2.24) is 10.2 Å². The first-order valence-electron chi connectivity index (χ1n) is 11.2. The van der Waals surface area contributed by atoms with E-state index in [0.717, 1.165) is 33.7 Å². The van der Waals surface area contributed by atoms with Crippen molar-refractivity contribution in [3.8, 4) is 0 Å². The third kappa shape index (κ3) is 7.60. The van der Waals surface area contributed by atoms with Crippen molar-refractivity contribution >= 4 is 27.5 Å². The molecule has 0 aromatic heterocycles. The van der Waals surface area contributed by atoms with E-state index < -0.39 is 22.0 Å². The van der Waals surface area contributed by atoms with Crippen molar-refractivity contribution < 1.29 is 18.0 Å². The van der Waals surface area contributed by atoms with E-state index in [1.807, 2.05) is 57.2 Å². The number of aryl methyl sites for hydroxylation is 2. The van der Waals surface area contributed by atoms with Gasteiger partial charge in [0.1, 0.15) is 12.6 Å². The fourth-order valence-corrected chi connectivity index (χ4v) is 4.30. The molecule has 2 rings (SSSR count). The van der Waals surface area contributed by atoms with Crippen LogP contribution >= 0.6 is 0 Å². The van der Waals surface area contributed by atoms with E-state index in [4.69, 9.17) is 0 Å². The van der Waals surface area contributed by atoms with E-state index in [2.05, 4.69) is 5.32 Å². The summed E-state index contributed by atoms with van der Waals surface area (Å²) in [5, 5.41) is 2.83. The van der Waals surface area contributed by atoms with Gasteiger partial charge in [0.05, 0.1) is 11.9 Å². The summed E-state index contributed by atoms with van der Waals surface area (Å²) < 4.78 is 26.3. The second-order valence-electron chi connectivity index (χ2n) is 8.33. The highest BCUT2D eigenvalue weighted by Crippen LogP contribution is 2.22. The van der Waals surface area contributed by atoms with Gasteiger partial charge in [0.2, 0.25) is 21.8 Å². The quantitative estimate of drug-likeness (QED) is 0.543. The molecule has 1 atom stereocenters. The standard InChI is InChI=1S/C25H35N3O4S/c1-6-15-26-25(30)21(4)27(16-14-22-10-8-7-9-11-22)24(29)18-28(33(5,31)32)23-13-12-19(2)20(3)17-23/h7-13,17,21H,6,14-16,18H2,1-5H3,(H,26,30)/t21-/m0/s1. The minimum atomic E-state index is -3.72. The molecule has 0 radical (unpaired) electrons. The summed E-state index contributed by atoms with van der Waals surface area (Å²) >= 11 is 0. The molecule has 7 nitrogen and oxygen atoms in total. The molecule has 33 heavy (non-hydrogen) atoms. The monoisotopic (exact) mass is 473 g/mol. The maximum atomic E-state index is 13.4. The summed E-state index contributed by atoms with van der Waals surface area (Å²) in [5.41, 5.74) is 3.43. The zero-order valence-electron chi connectivity index (χ0n) is 20.2. The summed E-state index contributed by atoms with van der Waals surface area (Å²) in [5.74, 6) is -0.677. The van der Waals surface area contributed by atoms with Gasteiger partial charge in [-0.05, 0) is 62.4 Å². The summed E-state index contributed by atoms with van der Waals surface area (Å²) in [6.07, 6.45) is 2.42. The fraction of sp³-hybridized carbons (Fsp3) is 0.440. The third-order valence-corrected chi connectivity index (χ3v) is 6.80. The molecule has 0 unspecified atom stereocenters. The maximum absolute atomic E-state index is 13.4. The van der Waals surface area contributed by atoms with Gasteiger partial charge in [0.15, 0.2) is 0 Å². The largest absolute Gasteiger partial charge is 0.354 e. The maximum Gasteiger partial charge on any atom is 0.244 e. The number of nitrogens with one attached hydrogen (secondary N) is 1. The first kappa shape index (κ1) is 26.4. The Morgan fingerprint density at radius 2 is 1.70 bits per heavy atom. The number of sulfonamides is 1. The number of amides is 2. The van der Waals surface area contributed by atoms with Gasteiger partial charge in [-0.15, -0.1) is 0 Å². The normalized spacial score (nSPS) is 12.2. The Morgan fingerprint density at radius 1 is 1.03 bits per heavy atom. The highest BCUT2D eigenvalue weighted by molar-refractivity contribution is 7.92. The molecule has 1 N–H and O–H groups in total. The predicted molar refractivity (Wildman–Crippen MR) is 133 cm³/mol. The SMILES string of the molecule is CCCNC(=O)[C@H](C)N(CCc1ccccc1)C(=O)CN(c1ccc(C)c(C)c1)S(C)(=O)=O. The fourth-order valence-electron chi connectivity index (χ4n) is 3.46. The Balaban J connectivity index is 2.31. The lowest BCUT2D eigenvalue weighted by Crippen LogP contribution is -2.52. The van der Waals surface area contributed by atoms with Crippen LogP contribution in [0.15, 0.2) is 48.5 Å². The second-order valence-corrected chi connectivity index (χ2v) is 10.2. The molecular weight excluding hydrogens is 438 g/mol. The van der Waals surface area contributed by atoms with Crippen LogP contribution in [0.2, 0.25) is 0 Å². The lowest BCUT2D eigenvalue weighted by Gasteiger charge is -2.31. The van der Waals surface area contributed by atoms with Gasteiger partial charge in [0.25, 0.3) is 0 Å². The summed E-state index contributed by atoms with van der Waals surface area (Å²) in [6.45, 7) is 7.91. The van der Waals surface area contributed by atoms with Crippen LogP contribution in [-0.4, -0.2) is 57.1 Å². The molecule has 0 fully saturated rings. The Morgan fingerprint density at radius 3 is 2.27 bits per heavy atom. The molecule has 0 saturated carbocycles. The number of rotatable bonds is 11. The van der Waals surface area contributed by atoms with Gasteiger partial charge in [-0.2, -0.15) is 0 Å². The van der Waals surface area contributed by atoms with E-state index in [-0.39, 0.29) is 12.5 Å². The average Bonchev–Trinajstić information content (AvgIpc) is 2.77. The lowest BCUT2D eigenvalue weighted by atomic mass is 10.1. The van der Waals surface area contributed by atoms with Gasteiger partial charge in [-0.25, -0.2) is 8.42 Å². The molecule has 0 heterocycles. The van der Waals surface area contributed by atoms with Crippen LogP contribution < -0.4 is 9.62 Å². The van der Waals surface area contributed by atoms with Crippen LogP contribution in [0.5, 0.6) is 0 Å². The Bertz CT molecular complexity index is 1050. The van der Waals surface area contributed by atoms with Gasteiger partial charge < -0.3 is 10.2 Å². The smallest absolute Gasteiger partial charge is 0.244 e. The van der Waals surface area contributed by atoms with Gasteiger partial charge in [-0.3, -0.25) is 13.9 Å². The zero-order valence-corrected chi connectivity index (χ0v) is 21.0. The molecule has 8 heteroatoms. The van der Waals surface area contributed by atoms with Crippen LogP contribution in [0, 0.1) is 13.8 Å². The van der Waals surface area contributed by atoms with E-state index in [9.17, 15) is 18.0 Å². The van der Waals surface area contributed by atoms with Crippen molar-refractivity contribution in [2.24, 2.45) is 0 Å². The summed E-state index contributed by atoms with van der Waals surface area (Å²) in [6, 6.07) is 14.2. The van der Waals surface area contributed by atoms with E-state index in [1.165, 1.54) is 4.90 Å². The average molecular weight is 474 g/mol. The van der Waals surface area contributed by atoms with Crippen LogP contribution in [0.4, 0.5) is 5.69 Å². The van der Waals surface area contributed by atoms with Crippen molar-refractivity contribution in [2.75, 3.05) is 30.2 Å². The molecule has 0 spiro atoms. The molecule has 0 bridgehead atoms. The first-order valence-corrected chi connectivity index (χ1v) is 13.1.